The van der Waals surface area contributed by atoms with Crippen molar-refractivity contribution >= 4 is 59.4 Å². The Morgan fingerprint density at radius 3 is 0.707 bits per heavy atom. The van der Waals surface area contributed by atoms with Crippen molar-refractivity contribution in [2.24, 2.45) is 23.7 Å². The van der Waals surface area contributed by atoms with Crippen molar-refractivity contribution in [1.82, 2.24) is 26.6 Å². The number of carboxylic acids is 4. The van der Waals surface area contributed by atoms with E-state index in [2.05, 4.69) is 61.2 Å². The van der Waals surface area contributed by atoms with E-state index in [-0.39, 0.29) is 59.2 Å². The first-order chi connectivity index (χ1) is 43.7. The zero-order valence-electron chi connectivity index (χ0n) is 60.8. The number of carbonyl (C=O) groups is 10. The number of amides is 5. The van der Waals surface area contributed by atoms with E-state index >= 15 is 0 Å². The largest absolute Gasteiger partial charge is 0.480 e. The molecule has 0 saturated carbocycles. The molecule has 8 atom stereocenters. The van der Waals surface area contributed by atoms with Crippen LogP contribution in [0.15, 0.2) is 0 Å². The average molecular weight is 1310 g/mol. The minimum Gasteiger partial charge on any atom is -0.480 e. The van der Waals surface area contributed by atoms with Crippen molar-refractivity contribution in [2.75, 3.05) is 7.11 Å². The van der Waals surface area contributed by atoms with Crippen LogP contribution in [0.5, 0.6) is 0 Å². The number of nitrogens with one attached hydrogen (secondary N) is 5. The molecule has 0 aliphatic carbocycles. The van der Waals surface area contributed by atoms with Gasteiger partial charge in [-0.25, -0.2) is 19.2 Å². The summed E-state index contributed by atoms with van der Waals surface area (Å²) < 4.78 is 4.77. The third-order valence-corrected chi connectivity index (χ3v) is 16.4. The molecule has 0 spiro atoms. The number of unbranched alkanes of at least 4 members (excludes halogenated alkanes) is 25. The molecule has 0 aromatic heterocycles. The number of hydrogen-bond donors (Lipinski definition) is 9. The number of aliphatic carboxylic acids is 4. The molecule has 0 radical (unpaired) electrons. The molecule has 0 aliphatic rings. The Kier molecular flexibility index (Phi) is 69.6. The van der Waals surface area contributed by atoms with Gasteiger partial charge >= 0.3 is 29.8 Å². The normalized spacial score (nSPS) is 13.2. The van der Waals surface area contributed by atoms with Gasteiger partial charge in [0.25, 0.3) is 0 Å². The van der Waals surface area contributed by atoms with Crippen molar-refractivity contribution in [3.8, 4) is 0 Å². The van der Waals surface area contributed by atoms with Crippen LogP contribution < -0.4 is 26.6 Å². The van der Waals surface area contributed by atoms with Gasteiger partial charge in [-0.1, -0.05) is 270 Å². The smallest absolute Gasteiger partial charge is 0.328 e. The van der Waals surface area contributed by atoms with Crippen molar-refractivity contribution < 1.29 is 73.1 Å². The van der Waals surface area contributed by atoms with Gasteiger partial charge in [0.2, 0.25) is 29.5 Å². The molecule has 0 saturated heterocycles. The lowest BCUT2D eigenvalue weighted by molar-refractivity contribution is -0.146. The monoisotopic (exact) mass is 1310 g/mol. The second-order valence-electron chi connectivity index (χ2n) is 25.3. The standard InChI is InChI=1S/C18H35NO3.C15H29NO3.C14H27NO3.C13H25NO3.C12H23NO3/c1-5-7-8-9-10-11-12-13-14-16(20)19-17(15(3)6-2)18(21)22-4;1-4-6-7-8-9-10-11-13(17)16-14(15(18)19)12(3)5-2;1-4-5-6-7-8-9-10-12(16)15-13(11(2)3)14(17)18;1-4-6-7-8-9-11(15)14-12(13(16)17)10(3)5-2;1-3-4-5-6-7-8-9-11(14)13-10(2)12(15)16/h15,17H,5-14H2,1-4H3,(H,19,20);12,14H,4-11H2,1-3H3,(H,16,17)(H,18,19);11,13H,4-10H2,1-3H3,(H,15,16)(H,17,18);10,12H,4-9H2,1-3H3,(H,14,15)(H,16,17);10H,3-9H2,1-2H3,(H,13,14)(H,15,16). The lowest BCUT2D eigenvalue weighted by atomic mass is 9.99. The predicted octanol–water partition coefficient (Wildman–Crippen LogP) is 15.4. The van der Waals surface area contributed by atoms with Crippen molar-refractivity contribution in [1.29, 1.82) is 0 Å². The molecule has 92 heavy (non-hydrogen) atoms. The van der Waals surface area contributed by atoms with Crippen LogP contribution in [0.3, 0.4) is 0 Å². The molecule has 0 rings (SSSR count). The first kappa shape index (κ1) is 95.4. The Labute approximate surface area is 558 Å². The van der Waals surface area contributed by atoms with E-state index in [9.17, 15) is 47.9 Å². The fourth-order valence-electron chi connectivity index (χ4n) is 9.36. The molecule has 0 aromatic rings. The molecule has 0 aliphatic heterocycles. The molecule has 0 heterocycles. The quantitative estimate of drug-likeness (QED) is 0.0202. The first-order valence-corrected chi connectivity index (χ1v) is 36.1. The lowest BCUT2D eigenvalue weighted by Crippen LogP contribution is -2.45. The average Bonchev–Trinajstić information content (AvgIpc) is 1.47. The number of carbonyl (C=O) groups excluding carboxylic acids is 6. The molecule has 20 nitrogen and oxygen atoms in total. The summed E-state index contributed by atoms with van der Waals surface area (Å²) in [5.41, 5.74) is 0. The lowest BCUT2D eigenvalue weighted by Gasteiger charge is -2.21. The molecule has 20 heteroatoms. The molecule has 542 valence electrons. The first-order valence-electron chi connectivity index (χ1n) is 36.1. The van der Waals surface area contributed by atoms with Gasteiger partial charge in [-0.15, -0.1) is 0 Å². The third kappa shape index (κ3) is 60.9. The zero-order valence-corrected chi connectivity index (χ0v) is 60.8. The maximum absolute atomic E-state index is 11.9. The van der Waals surface area contributed by atoms with E-state index in [1.807, 2.05) is 41.5 Å². The summed E-state index contributed by atoms with van der Waals surface area (Å²) in [6.45, 7) is 27.4. The van der Waals surface area contributed by atoms with Crippen LogP contribution in [-0.4, -0.2) is 117 Å². The highest BCUT2D eigenvalue weighted by molar-refractivity contribution is 5.86. The number of hydrogen-bond acceptors (Lipinski definition) is 11. The van der Waals surface area contributed by atoms with Crippen LogP contribution in [0.25, 0.3) is 0 Å². The summed E-state index contributed by atoms with van der Waals surface area (Å²) in [6.07, 6.45) is 38.6. The van der Waals surface area contributed by atoms with E-state index in [0.29, 0.717) is 32.1 Å². The summed E-state index contributed by atoms with van der Waals surface area (Å²) in [5.74, 6) is -4.87. The van der Waals surface area contributed by atoms with Crippen molar-refractivity contribution in [2.45, 2.75) is 371 Å². The third-order valence-electron chi connectivity index (χ3n) is 16.4. The van der Waals surface area contributed by atoms with Crippen LogP contribution in [-0.2, 0) is 52.7 Å². The Morgan fingerprint density at radius 1 is 0.283 bits per heavy atom. The summed E-state index contributed by atoms with van der Waals surface area (Å²) in [5, 5.41) is 48.7. The fourth-order valence-corrected chi connectivity index (χ4v) is 9.36. The number of rotatable bonds is 52. The number of ether oxygens (including phenoxy) is 1. The van der Waals surface area contributed by atoms with Crippen LogP contribution in [0, 0.1) is 23.7 Å². The molecular weight excluding hydrogens is 1170 g/mol. The van der Waals surface area contributed by atoms with Crippen LogP contribution >= 0.6 is 0 Å². The van der Waals surface area contributed by atoms with Gasteiger partial charge in [-0.2, -0.15) is 0 Å². The van der Waals surface area contributed by atoms with Gasteiger partial charge in [0.1, 0.15) is 30.2 Å². The topological polar surface area (TPSA) is 321 Å². The van der Waals surface area contributed by atoms with Gasteiger partial charge in [0.15, 0.2) is 0 Å². The maximum Gasteiger partial charge on any atom is 0.328 e. The van der Waals surface area contributed by atoms with Crippen LogP contribution in [0.2, 0.25) is 0 Å². The summed E-state index contributed by atoms with van der Waals surface area (Å²) >= 11 is 0. The highest BCUT2D eigenvalue weighted by Crippen LogP contribution is 2.15. The maximum atomic E-state index is 11.9. The Morgan fingerprint density at radius 2 is 0.489 bits per heavy atom. The highest BCUT2D eigenvalue weighted by Gasteiger charge is 2.28. The number of carboxylic acid groups (broad SMARTS) is 4. The van der Waals surface area contributed by atoms with E-state index < -0.39 is 54.1 Å². The second kappa shape index (κ2) is 67.1. The van der Waals surface area contributed by atoms with E-state index in [0.717, 1.165) is 116 Å². The Hall–Kier alpha value is -5.30. The van der Waals surface area contributed by atoms with E-state index in [1.165, 1.54) is 110 Å². The minimum absolute atomic E-state index is 0.0351. The summed E-state index contributed by atoms with van der Waals surface area (Å²) in [4.78, 5) is 113. The molecule has 5 amide bonds. The summed E-state index contributed by atoms with van der Waals surface area (Å²) in [7, 11) is 1.36. The summed E-state index contributed by atoms with van der Waals surface area (Å²) in [6, 6.07) is -3.57. The fraction of sp³-hybridized carbons (Fsp3) is 0.861. The van der Waals surface area contributed by atoms with Gasteiger partial charge in [0, 0.05) is 32.1 Å². The molecule has 8 unspecified atom stereocenters. The van der Waals surface area contributed by atoms with E-state index in [1.54, 1.807) is 13.8 Å². The van der Waals surface area contributed by atoms with Crippen molar-refractivity contribution in [3.05, 3.63) is 0 Å². The Balaban J connectivity index is -0.000000344. The molecule has 0 aromatic carbocycles. The van der Waals surface area contributed by atoms with Crippen LogP contribution in [0.4, 0.5) is 0 Å². The second-order valence-corrected chi connectivity index (χ2v) is 25.3. The SMILES string of the molecule is CCCCCCC(=O)NC(C(=O)O)C(C)CC.CCCCCCCCC(=O)NC(C(=O)O)C(C)C.CCCCCCCCC(=O)NC(C(=O)O)C(C)CC.CCCCCCCCC(=O)NC(C)C(=O)O.CCCCCCCCCCC(=O)NC(C(=O)OC)C(C)CC. The number of methoxy groups -OCH3 is 1. The minimum atomic E-state index is -0.990. The molecule has 0 bridgehead atoms. The van der Waals surface area contributed by atoms with Gasteiger partial charge < -0.3 is 51.7 Å². The molecule has 9 N–H and O–H groups in total. The zero-order chi connectivity index (χ0) is 71.1. The molecule has 0 fully saturated rings. The predicted molar refractivity (Wildman–Crippen MR) is 371 cm³/mol. The van der Waals surface area contributed by atoms with Crippen molar-refractivity contribution in [3.63, 3.8) is 0 Å². The van der Waals surface area contributed by atoms with E-state index in [4.69, 9.17) is 25.2 Å². The van der Waals surface area contributed by atoms with Gasteiger partial charge in [-0.3, -0.25) is 28.8 Å². The van der Waals surface area contributed by atoms with Gasteiger partial charge in [0.05, 0.1) is 7.11 Å². The highest BCUT2D eigenvalue weighted by atomic mass is 16.5. The molecular formula is C72H139N5O15. The van der Waals surface area contributed by atoms with Crippen LogP contribution in [0.1, 0.15) is 341 Å². The number of esters is 1. The van der Waals surface area contributed by atoms with Gasteiger partial charge in [-0.05, 0) is 62.7 Å². The Bertz CT molecular complexity index is 1890.